The van der Waals surface area contributed by atoms with Crippen LogP contribution in [0.1, 0.15) is 33.1 Å². The summed E-state index contributed by atoms with van der Waals surface area (Å²) in [6, 6.07) is 0. The summed E-state index contributed by atoms with van der Waals surface area (Å²) in [6.45, 7) is 6.02. The molecule has 1 saturated heterocycles. The summed E-state index contributed by atoms with van der Waals surface area (Å²) in [5.74, 6) is -2.39. The molecule has 0 aromatic rings. The second-order valence-corrected chi connectivity index (χ2v) is 6.34. The maximum Gasteiger partial charge on any atom is 0.248 e. The molecule has 5 heteroatoms. The zero-order valence-electron chi connectivity index (χ0n) is 11.2. The molecule has 0 amide bonds. The number of morpholine rings is 1. The highest BCUT2D eigenvalue weighted by molar-refractivity contribution is 4.88. The highest BCUT2D eigenvalue weighted by atomic mass is 19.3. The van der Waals surface area contributed by atoms with Gasteiger partial charge in [-0.05, 0) is 26.2 Å². The number of rotatable bonds is 3. The van der Waals surface area contributed by atoms with E-state index in [4.69, 9.17) is 4.74 Å². The van der Waals surface area contributed by atoms with Gasteiger partial charge in [-0.2, -0.15) is 0 Å². The Balaban J connectivity index is 1.89. The minimum Gasteiger partial charge on any atom is -0.394 e. The third kappa shape index (κ3) is 3.62. The van der Waals surface area contributed by atoms with Gasteiger partial charge in [0.15, 0.2) is 0 Å². The normalized spacial score (nSPS) is 35.8. The van der Waals surface area contributed by atoms with Crippen LogP contribution in [-0.2, 0) is 4.74 Å². The van der Waals surface area contributed by atoms with E-state index < -0.39 is 5.92 Å². The van der Waals surface area contributed by atoms with Gasteiger partial charge in [0.05, 0.1) is 18.3 Å². The maximum absolute atomic E-state index is 13.2. The van der Waals surface area contributed by atoms with Crippen molar-refractivity contribution in [2.75, 3.05) is 26.2 Å². The molecule has 1 aliphatic carbocycles. The molecule has 1 saturated carbocycles. The summed E-state index contributed by atoms with van der Waals surface area (Å²) >= 11 is 0. The minimum atomic E-state index is -2.47. The van der Waals surface area contributed by atoms with Gasteiger partial charge in [-0.3, -0.25) is 4.90 Å². The average Bonchev–Trinajstić information content (AvgIpc) is 2.55. The lowest BCUT2D eigenvalue weighted by molar-refractivity contribution is -0.151. The first kappa shape index (κ1) is 14.2. The molecule has 3 nitrogen and oxygen atoms in total. The molecule has 2 unspecified atom stereocenters. The van der Waals surface area contributed by atoms with Gasteiger partial charge in [-0.1, -0.05) is 0 Å². The second-order valence-electron chi connectivity index (χ2n) is 6.34. The fourth-order valence-electron chi connectivity index (χ4n) is 3.21. The van der Waals surface area contributed by atoms with Crippen LogP contribution in [0.3, 0.4) is 0 Å². The molecule has 2 rings (SSSR count). The summed E-state index contributed by atoms with van der Waals surface area (Å²) in [5.41, 5.74) is -0.313. The maximum atomic E-state index is 13.2. The molecule has 18 heavy (non-hydrogen) atoms. The number of nitrogens with zero attached hydrogens (tertiary/aromatic N) is 1. The lowest BCUT2D eigenvalue weighted by atomic mass is 10.0. The molecule has 2 aliphatic rings. The number of aliphatic hydroxyl groups is 1. The molecule has 1 aliphatic heterocycles. The third-order valence-corrected chi connectivity index (χ3v) is 3.78. The molecule has 2 fully saturated rings. The van der Waals surface area contributed by atoms with Crippen molar-refractivity contribution in [3.8, 4) is 0 Å². The molecule has 1 N–H and O–H groups in total. The summed E-state index contributed by atoms with van der Waals surface area (Å²) in [7, 11) is 0. The lowest BCUT2D eigenvalue weighted by Crippen LogP contribution is -2.54. The minimum absolute atomic E-state index is 0.00851. The Kier molecular flexibility index (Phi) is 3.95. The predicted molar refractivity (Wildman–Crippen MR) is 64.8 cm³/mol. The van der Waals surface area contributed by atoms with Crippen LogP contribution in [0, 0.1) is 5.92 Å². The fraction of sp³-hybridized carbons (Fsp3) is 1.00. The van der Waals surface area contributed by atoms with Crippen LogP contribution >= 0.6 is 0 Å². The van der Waals surface area contributed by atoms with Crippen molar-refractivity contribution in [1.82, 2.24) is 4.90 Å². The first-order valence-corrected chi connectivity index (χ1v) is 6.68. The SMILES string of the molecule is CC1(C)CN(CC2CCC(F)(F)C2)CC(CO)O1. The van der Waals surface area contributed by atoms with Gasteiger partial charge in [0.2, 0.25) is 5.92 Å². The van der Waals surface area contributed by atoms with Crippen LogP contribution in [0.15, 0.2) is 0 Å². The Hall–Kier alpha value is -0.260. The van der Waals surface area contributed by atoms with Crippen molar-refractivity contribution in [3.05, 3.63) is 0 Å². The van der Waals surface area contributed by atoms with Crippen LogP contribution < -0.4 is 0 Å². The molecule has 2 atom stereocenters. The quantitative estimate of drug-likeness (QED) is 0.844. The van der Waals surface area contributed by atoms with E-state index in [-0.39, 0.29) is 37.1 Å². The van der Waals surface area contributed by atoms with E-state index >= 15 is 0 Å². The van der Waals surface area contributed by atoms with Crippen LogP contribution in [-0.4, -0.2) is 53.9 Å². The average molecular weight is 263 g/mol. The molecule has 0 aromatic carbocycles. The van der Waals surface area contributed by atoms with E-state index in [1.165, 1.54) is 0 Å². The van der Waals surface area contributed by atoms with Crippen molar-refractivity contribution in [1.29, 1.82) is 0 Å². The number of hydrogen-bond donors (Lipinski definition) is 1. The van der Waals surface area contributed by atoms with E-state index in [0.29, 0.717) is 19.5 Å². The second kappa shape index (κ2) is 5.02. The molecular weight excluding hydrogens is 240 g/mol. The third-order valence-electron chi connectivity index (χ3n) is 3.78. The topological polar surface area (TPSA) is 32.7 Å². The summed E-state index contributed by atoms with van der Waals surface area (Å²) in [4.78, 5) is 2.16. The highest BCUT2D eigenvalue weighted by Crippen LogP contribution is 2.39. The largest absolute Gasteiger partial charge is 0.394 e. The Labute approximate surface area is 107 Å². The van der Waals surface area contributed by atoms with Gasteiger partial charge in [-0.25, -0.2) is 8.78 Å². The smallest absolute Gasteiger partial charge is 0.248 e. The van der Waals surface area contributed by atoms with Gasteiger partial charge >= 0.3 is 0 Å². The molecule has 0 bridgehead atoms. The van der Waals surface area contributed by atoms with E-state index in [9.17, 15) is 13.9 Å². The van der Waals surface area contributed by atoms with E-state index in [0.717, 1.165) is 6.54 Å². The van der Waals surface area contributed by atoms with Crippen molar-refractivity contribution >= 4 is 0 Å². The Morgan fingerprint density at radius 2 is 2.11 bits per heavy atom. The van der Waals surface area contributed by atoms with Crippen LogP contribution in [0.2, 0.25) is 0 Å². The number of alkyl halides is 2. The van der Waals surface area contributed by atoms with Crippen molar-refractivity contribution in [2.24, 2.45) is 5.92 Å². The Morgan fingerprint density at radius 3 is 2.67 bits per heavy atom. The number of halogens is 2. The van der Waals surface area contributed by atoms with Crippen LogP contribution in [0.4, 0.5) is 8.78 Å². The van der Waals surface area contributed by atoms with Gasteiger partial charge < -0.3 is 9.84 Å². The predicted octanol–water partition coefficient (Wildman–Crippen LogP) is 1.89. The van der Waals surface area contributed by atoms with Crippen LogP contribution in [0.5, 0.6) is 0 Å². The van der Waals surface area contributed by atoms with Gasteiger partial charge in [-0.15, -0.1) is 0 Å². The number of ether oxygens (including phenoxy) is 1. The van der Waals surface area contributed by atoms with Gasteiger partial charge in [0.25, 0.3) is 0 Å². The molecule has 0 spiro atoms. The zero-order chi connectivity index (χ0) is 13.4. The molecular formula is C13H23F2NO2. The van der Waals surface area contributed by atoms with Crippen molar-refractivity contribution < 1.29 is 18.6 Å². The van der Waals surface area contributed by atoms with E-state index in [1.807, 2.05) is 13.8 Å². The van der Waals surface area contributed by atoms with E-state index in [2.05, 4.69) is 4.90 Å². The highest BCUT2D eigenvalue weighted by Gasteiger charge is 2.41. The van der Waals surface area contributed by atoms with E-state index in [1.54, 1.807) is 0 Å². The van der Waals surface area contributed by atoms with Crippen molar-refractivity contribution in [2.45, 2.75) is 50.7 Å². The summed E-state index contributed by atoms with van der Waals surface area (Å²) in [6.07, 6.45) is 0.438. The molecule has 0 aromatic heterocycles. The zero-order valence-corrected chi connectivity index (χ0v) is 11.2. The molecule has 1 heterocycles. The molecule has 106 valence electrons. The van der Waals surface area contributed by atoms with Gasteiger partial charge in [0.1, 0.15) is 0 Å². The molecule has 0 radical (unpaired) electrons. The van der Waals surface area contributed by atoms with Gasteiger partial charge in [0, 0.05) is 32.5 Å². The fourth-order valence-corrected chi connectivity index (χ4v) is 3.21. The first-order chi connectivity index (χ1) is 8.30. The van der Waals surface area contributed by atoms with Crippen LogP contribution in [0.25, 0.3) is 0 Å². The monoisotopic (exact) mass is 263 g/mol. The summed E-state index contributed by atoms with van der Waals surface area (Å²) in [5, 5.41) is 9.21. The first-order valence-electron chi connectivity index (χ1n) is 6.68. The summed E-state index contributed by atoms with van der Waals surface area (Å²) < 4.78 is 32.0. The standard InChI is InChI=1S/C13H23F2NO2/c1-12(2)9-16(7-11(8-17)18-12)6-10-3-4-13(14,15)5-10/h10-11,17H,3-9H2,1-2H3. The van der Waals surface area contributed by atoms with Crippen molar-refractivity contribution in [3.63, 3.8) is 0 Å². The Morgan fingerprint density at radius 1 is 1.39 bits per heavy atom. The number of aliphatic hydroxyl groups excluding tert-OH is 1. The lowest BCUT2D eigenvalue weighted by Gasteiger charge is -2.43. The Bertz CT molecular complexity index is 297. The number of hydrogen-bond acceptors (Lipinski definition) is 3.